The lowest BCUT2D eigenvalue weighted by molar-refractivity contribution is 0.590. The fourth-order valence-electron chi connectivity index (χ4n) is 9.99. The van der Waals surface area contributed by atoms with Crippen molar-refractivity contribution in [3.05, 3.63) is 290 Å². The van der Waals surface area contributed by atoms with Gasteiger partial charge in [-0.3, -0.25) is 0 Å². The van der Waals surface area contributed by atoms with Crippen molar-refractivity contribution in [3.8, 4) is 66.8 Å². The molecule has 0 aliphatic rings. The van der Waals surface area contributed by atoms with Gasteiger partial charge in [-0.25, -0.2) is 0 Å². The van der Waals surface area contributed by atoms with E-state index in [1.807, 2.05) is 6.07 Å². The maximum absolute atomic E-state index is 7.10. The highest BCUT2D eigenvalue weighted by molar-refractivity contribution is 6.31. The molecule has 0 saturated heterocycles. The molecule has 0 fully saturated rings. The fraction of sp³-hybridized carbons (Fsp3) is 0.0571. The second kappa shape index (κ2) is 20.6. The smallest absolute Gasteiger partial charge is 0.0618 e. The minimum Gasteiger partial charge on any atom is -0.309 e. The summed E-state index contributed by atoms with van der Waals surface area (Å²) in [6.07, 6.45) is 0. The molecular weight excluding hydrogens is 904 g/mol. The van der Waals surface area contributed by atoms with Crippen LogP contribution in [0.3, 0.4) is 0 Å². The molecule has 11 aromatic rings. The lowest BCUT2D eigenvalue weighted by Gasteiger charge is -2.35. The Hall–Kier alpha value is -8.69. The average Bonchev–Trinajstić information content (AvgIpc) is 3.44. The minimum atomic E-state index is -0.267. The van der Waals surface area contributed by atoms with E-state index in [0.29, 0.717) is 5.02 Å². The lowest BCUT2D eigenvalue weighted by atomic mass is 9.85. The normalized spacial score (nSPS) is 11.3. The van der Waals surface area contributed by atoms with Gasteiger partial charge >= 0.3 is 0 Å². The molecule has 0 amide bonds. The van der Waals surface area contributed by atoms with Gasteiger partial charge in [0.2, 0.25) is 0 Å². The van der Waals surface area contributed by atoms with Crippen LogP contribution in [0.4, 0.5) is 34.1 Å². The van der Waals surface area contributed by atoms with Crippen molar-refractivity contribution in [3.63, 3.8) is 0 Å². The standard InChI is InChI=1S/C70H55ClN2/c1-70(2,3)58-46-62(72(60-39-23-10-24-40-60)68-64(52-30-15-6-16-31-52)42-56(50-26-11-4-12-27-50)43-65(68)53-32-17-7-18-33-53)49-63(47-58)73(61-41-25-38-59(71)48-61)69-66(54-34-19-8-20-35-54)44-57(51-28-13-5-14-29-51)45-67(69)55-36-21-9-22-37-55/h4-49H,1-3H3. The molecule has 73 heavy (non-hydrogen) atoms. The van der Waals surface area contributed by atoms with Gasteiger partial charge in [0.05, 0.1) is 11.4 Å². The van der Waals surface area contributed by atoms with Crippen LogP contribution in [0.25, 0.3) is 66.8 Å². The molecule has 0 aliphatic heterocycles. The molecule has 0 N–H and O–H groups in total. The first-order valence-electron chi connectivity index (χ1n) is 25.0. The van der Waals surface area contributed by atoms with Gasteiger partial charge < -0.3 is 9.80 Å². The van der Waals surface area contributed by atoms with Gasteiger partial charge in [-0.2, -0.15) is 0 Å². The van der Waals surface area contributed by atoms with Crippen LogP contribution in [0.15, 0.2) is 279 Å². The highest BCUT2D eigenvalue weighted by atomic mass is 35.5. The van der Waals surface area contributed by atoms with E-state index < -0.39 is 0 Å². The molecule has 352 valence electrons. The van der Waals surface area contributed by atoms with E-state index in [9.17, 15) is 0 Å². The first kappa shape index (κ1) is 46.7. The molecule has 0 heterocycles. The lowest BCUT2D eigenvalue weighted by Crippen LogP contribution is -2.19. The van der Waals surface area contributed by atoms with E-state index in [2.05, 4.69) is 304 Å². The molecule has 2 nitrogen and oxygen atoms in total. The van der Waals surface area contributed by atoms with Crippen molar-refractivity contribution >= 4 is 45.7 Å². The molecule has 0 bridgehead atoms. The van der Waals surface area contributed by atoms with Crippen LogP contribution in [0, 0.1) is 0 Å². The zero-order chi connectivity index (χ0) is 49.7. The highest BCUT2D eigenvalue weighted by Gasteiger charge is 2.29. The zero-order valence-electron chi connectivity index (χ0n) is 41.3. The van der Waals surface area contributed by atoms with E-state index in [1.165, 1.54) is 5.56 Å². The number of rotatable bonds is 12. The fourth-order valence-corrected chi connectivity index (χ4v) is 10.2. The predicted molar refractivity (Wildman–Crippen MR) is 312 cm³/mol. The third kappa shape index (κ3) is 9.87. The number of nitrogens with zero attached hydrogens (tertiary/aromatic N) is 2. The first-order valence-corrected chi connectivity index (χ1v) is 25.4. The Morgan fingerprint density at radius 3 is 0.890 bits per heavy atom. The van der Waals surface area contributed by atoms with Crippen molar-refractivity contribution < 1.29 is 0 Å². The number of para-hydroxylation sites is 1. The van der Waals surface area contributed by atoms with Gasteiger partial charge in [0.25, 0.3) is 0 Å². The highest BCUT2D eigenvalue weighted by Crippen LogP contribution is 2.53. The topological polar surface area (TPSA) is 6.48 Å². The molecule has 11 aromatic carbocycles. The zero-order valence-corrected chi connectivity index (χ0v) is 42.1. The number of hydrogen-bond donors (Lipinski definition) is 0. The number of anilines is 6. The van der Waals surface area contributed by atoms with Crippen molar-refractivity contribution in [2.24, 2.45) is 0 Å². The largest absolute Gasteiger partial charge is 0.309 e. The molecule has 0 atom stereocenters. The molecule has 0 unspecified atom stereocenters. The van der Waals surface area contributed by atoms with Gasteiger partial charge in [0.15, 0.2) is 0 Å². The number of benzene rings is 11. The Bertz CT molecular complexity index is 3510. The first-order chi connectivity index (χ1) is 35.8. The van der Waals surface area contributed by atoms with Crippen LogP contribution in [0.5, 0.6) is 0 Å². The Labute approximate surface area is 435 Å². The molecule has 0 radical (unpaired) electrons. The quantitative estimate of drug-likeness (QED) is 0.120. The summed E-state index contributed by atoms with van der Waals surface area (Å²) in [4.78, 5) is 4.94. The van der Waals surface area contributed by atoms with Crippen LogP contribution in [-0.2, 0) is 5.41 Å². The molecule has 0 aromatic heterocycles. The van der Waals surface area contributed by atoms with Gasteiger partial charge in [-0.15, -0.1) is 0 Å². The maximum atomic E-state index is 7.10. The summed E-state index contributed by atoms with van der Waals surface area (Å²) in [6, 6.07) is 101. The SMILES string of the molecule is CC(C)(C)c1cc(N(c2ccccc2)c2c(-c3ccccc3)cc(-c3ccccc3)cc2-c2ccccc2)cc(N(c2cccc(Cl)c2)c2c(-c3ccccc3)cc(-c3ccccc3)cc2-c2ccccc2)c1. The van der Waals surface area contributed by atoms with E-state index >= 15 is 0 Å². The maximum Gasteiger partial charge on any atom is 0.0618 e. The summed E-state index contributed by atoms with van der Waals surface area (Å²) in [5, 5.41) is 0.655. The van der Waals surface area contributed by atoms with Gasteiger partial charge in [-0.05, 0) is 128 Å². The molecule has 11 rings (SSSR count). The molecule has 0 aliphatic carbocycles. The van der Waals surface area contributed by atoms with Crippen LogP contribution in [0.1, 0.15) is 26.3 Å². The van der Waals surface area contributed by atoms with E-state index in [1.54, 1.807) is 0 Å². The molecular formula is C70H55ClN2. The van der Waals surface area contributed by atoms with Crippen molar-refractivity contribution in [2.75, 3.05) is 9.80 Å². The van der Waals surface area contributed by atoms with Crippen molar-refractivity contribution in [1.82, 2.24) is 0 Å². The van der Waals surface area contributed by atoms with E-state index in [4.69, 9.17) is 11.6 Å². The monoisotopic (exact) mass is 958 g/mol. The van der Waals surface area contributed by atoms with E-state index in [-0.39, 0.29) is 5.41 Å². The summed E-state index contributed by atoms with van der Waals surface area (Å²) in [7, 11) is 0. The minimum absolute atomic E-state index is 0.267. The average molecular weight is 960 g/mol. The second-order valence-corrected chi connectivity index (χ2v) is 19.9. The summed E-state index contributed by atoms with van der Waals surface area (Å²) in [5.74, 6) is 0. The van der Waals surface area contributed by atoms with Crippen molar-refractivity contribution in [2.45, 2.75) is 26.2 Å². The van der Waals surface area contributed by atoms with Crippen LogP contribution in [0.2, 0.25) is 5.02 Å². The summed E-state index contributed by atoms with van der Waals surface area (Å²) in [6.45, 7) is 6.93. The Balaban J connectivity index is 1.27. The molecule has 0 saturated carbocycles. The van der Waals surface area contributed by atoms with Crippen LogP contribution < -0.4 is 9.80 Å². The molecule has 0 spiro atoms. The van der Waals surface area contributed by atoms with Crippen molar-refractivity contribution in [1.29, 1.82) is 0 Å². The molecule has 3 heteroatoms. The third-order valence-electron chi connectivity index (χ3n) is 13.6. The third-order valence-corrected chi connectivity index (χ3v) is 13.8. The summed E-state index contributed by atoms with van der Waals surface area (Å²) in [5.41, 5.74) is 20.5. The Morgan fingerprint density at radius 2 is 0.562 bits per heavy atom. The number of halogens is 1. The van der Waals surface area contributed by atoms with Crippen LogP contribution in [-0.4, -0.2) is 0 Å². The Kier molecular flexibility index (Phi) is 13.2. The Morgan fingerprint density at radius 1 is 0.260 bits per heavy atom. The van der Waals surface area contributed by atoms with Crippen LogP contribution >= 0.6 is 11.6 Å². The van der Waals surface area contributed by atoms with E-state index in [0.717, 1.165) is 101 Å². The summed E-state index contributed by atoms with van der Waals surface area (Å²) < 4.78 is 0. The van der Waals surface area contributed by atoms with Gasteiger partial charge in [-0.1, -0.05) is 239 Å². The summed E-state index contributed by atoms with van der Waals surface area (Å²) >= 11 is 7.10. The van der Waals surface area contributed by atoms with Gasteiger partial charge in [0, 0.05) is 50.0 Å². The van der Waals surface area contributed by atoms with Gasteiger partial charge in [0.1, 0.15) is 0 Å². The number of hydrogen-bond acceptors (Lipinski definition) is 2. The predicted octanol–water partition coefficient (Wildman–Crippen LogP) is 20.6. The second-order valence-electron chi connectivity index (χ2n) is 19.5.